The van der Waals surface area contributed by atoms with E-state index in [4.69, 9.17) is 4.74 Å². The van der Waals surface area contributed by atoms with Crippen LogP contribution in [0.3, 0.4) is 0 Å². The van der Waals surface area contributed by atoms with Gasteiger partial charge in [-0.2, -0.15) is 5.26 Å². The Balaban J connectivity index is 1.91. The highest BCUT2D eigenvalue weighted by atomic mass is 32.2. The number of hydrogen-bond donors (Lipinski definition) is 1. The van der Waals surface area contributed by atoms with Crippen LogP contribution in [-0.4, -0.2) is 17.1 Å². The smallest absolute Gasteiger partial charge is 0.254 e. The van der Waals surface area contributed by atoms with Crippen molar-refractivity contribution in [1.29, 1.82) is 5.26 Å². The van der Waals surface area contributed by atoms with Crippen molar-refractivity contribution in [2.75, 3.05) is 7.11 Å². The van der Waals surface area contributed by atoms with Gasteiger partial charge in [-0.05, 0) is 42.3 Å². The first-order valence-electron chi connectivity index (χ1n) is 8.63. The molecule has 0 aliphatic carbocycles. The van der Waals surface area contributed by atoms with Crippen LogP contribution in [0.15, 0.2) is 52.4 Å². The van der Waals surface area contributed by atoms with Gasteiger partial charge >= 0.3 is 0 Å². The number of halogens is 2. The molecule has 0 saturated carbocycles. The zero-order valence-electron chi connectivity index (χ0n) is 15.7. The Morgan fingerprint density at radius 1 is 1.21 bits per heavy atom. The maximum absolute atomic E-state index is 13.6. The lowest BCUT2D eigenvalue weighted by Crippen LogP contribution is -2.18. The summed E-state index contributed by atoms with van der Waals surface area (Å²) >= 11 is 1.29. The number of nitrogens with one attached hydrogen (secondary N) is 1. The second-order valence-electron chi connectivity index (χ2n) is 6.28. The molecule has 1 aromatic heterocycles. The molecule has 3 rings (SSSR count). The van der Waals surface area contributed by atoms with Crippen LogP contribution in [0.4, 0.5) is 8.78 Å². The molecule has 0 fully saturated rings. The summed E-state index contributed by atoms with van der Waals surface area (Å²) in [6.07, 6.45) is 0. The molecule has 29 heavy (non-hydrogen) atoms. The first kappa shape index (κ1) is 20.6. The number of thioether (sulfide) groups is 1. The van der Waals surface area contributed by atoms with Gasteiger partial charge in [0.1, 0.15) is 23.3 Å². The molecule has 148 valence electrons. The van der Waals surface area contributed by atoms with Crippen LogP contribution in [0.2, 0.25) is 0 Å². The van der Waals surface area contributed by atoms with E-state index in [1.807, 2.05) is 30.3 Å². The summed E-state index contributed by atoms with van der Waals surface area (Å²) in [6.45, 7) is 1.53. The van der Waals surface area contributed by atoms with Gasteiger partial charge in [0.15, 0.2) is 5.16 Å². The number of ether oxygens (including phenoxy) is 1. The highest BCUT2D eigenvalue weighted by Gasteiger charge is 2.22. The van der Waals surface area contributed by atoms with E-state index >= 15 is 0 Å². The highest BCUT2D eigenvalue weighted by Crippen LogP contribution is 2.27. The van der Waals surface area contributed by atoms with Gasteiger partial charge in [0.05, 0.1) is 18.9 Å². The van der Waals surface area contributed by atoms with Crippen LogP contribution < -0.4 is 10.3 Å². The molecule has 8 heteroatoms. The second kappa shape index (κ2) is 8.88. The molecular formula is C21H17F2N3O2S. The van der Waals surface area contributed by atoms with E-state index in [2.05, 4.69) is 9.97 Å². The Hall–Kier alpha value is -3.18. The Kier molecular flexibility index (Phi) is 6.29. The molecule has 0 amide bonds. The summed E-state index contributed by atoms with van der Waals surface area (Å²) in [5, 5.41) is 9.94. The molecule has 1 N–H and O–H groups in total. The predicted octanol–water partition coefficient (Wildman–Crippen LogP) is 4.31. The summed E-state index contributed by atoms with van der Waals surface area (Å²) in [7, 11) is 1.59. The van der Waals surface area contributed by atoms with E-state index in [9.17, 15) is 18.8 Å². The van der Waals surface area contributed by atoms with Crippen molar-refractivity contribution in [3.05, 3.63) is 86.8 Å². The highest BCUT2D eigenvalue weighted by molar-refractivity contribution is 7.98. The monoisotopic (exact) mass is 413 g/mol. The third-order valence-corrected chi connectivity index (χ3v) is 5.27. The largest absolute Gasteiger partial charge is 0.497 e. The SMILES string of the molecule is COc1ccc(CSc2nc(C(C#N)c3cc(F)cc(F)c3)c(C)c(=O)[nH]2)cc1. The van der Waals surface area contributed by atoms with Crippen molar-refractivity contribution in [3.63, 3.8) is 0 Å². The molecule has 0 aliphatic heterocycles. The Bertz CT molecular complexity index is 1100. The Morgan fingerprint density at radius 3 is 2.45 bits per heavy atom. The van der Waals surface area contributed by atoms with Crippen LogP contribution in [0.25, 0.3) is 0 Å². The molecule has 3 aromatic rings. The zero-order valence-corrected chi connectivity index (χ0v) is 16.5. The summed E-state index contributed by atoms with van der Waals surface area (Å²) in [6, 6.07) is 12.3. The van der Waals surface area contributed by atoms with E-state index in [1.165, 1.54) is 18.7 Å². The minimum Gasteiger partial charge on any atom is -0.497 e. The van der Waals surface area contributed by atoms with Gasteiger partial charge in [0.2, 0.25) is 0 Å². The van der Waals surface area contributed by atoms with Gasteiger partial charge < -0.3 is 9.72 Å². The number of nitrogens with zero attached hydrogens (tertiary/aromatic N) is 2. The summed E-state index contributed by atoms with van der Waals surface area (Å²) in [4.78, 5) is 19.4. The number of aromatic amines is 1. The van der Waals surface area contributed by atoms with E-state index in [1.54, 1.807) is 7.11 Å². The van der Waals surface area contributed by atoms with Gasteiger partial charge in [-0.15, -0.1) is 0 Å². The van der Waals surface area contributed by atoms with Crippen LogP contribution >= 0.6 is 11.8 Å². The second-order valence-corrected chi connectivity index (χ2v) is 7.25. The summed E-state index contributed by atoms with van der Waals surface area (Å²) in [5.41, 5.74) is 1.11. The number of hydrogen-bond acceptors (Lipinski definition) is 5. The topological polar surface area (TPSA) is 78.8 Å². The minimum absolute atomic E-state index is 0.109. The van der Waals surface area contributed by atoms with Gasteiger partial charge in [-0.3, -0.25) is 4.79 Å². The van der Waals surface area contributed by atoms with Crippen LogP contribution in [0.5, 0.6) is 5.75 Å². The van der Waals surface area contributed by atoms with Crippen LogP contribution in [0.1, 0.15) is 28.3 Å². The van der Waals surface area contributed by atoms with Gasteiger partial charge in [0, 0.05) is 17.4 Å². The van der Waals surface area contributed by atoms with E-state index in [-0.39, 0.29) is 16.8 Å². The van der Waals surface area contributed by atoms with Crippen molar-refractivity contribution >= 4 is 11.8 Å². The maximum atomic E-state index is 13.6. The molecule has 0 aliphatic rings. The zero-order chi connectivity index (χ0) is 21.0. The van der Waals surface area contributed by atoms with Crippen LogP contribution in [-0.2, 0) is 5.75 Å². The third kappa shape index (κ3) is 4.81. The molecule has 0 saturated heterocycles. The number of nitriles is 1. The summed E-state index contributed by atoms with van der Waals surface area (Å²) in [5.74, 6) is -1.39. The minimum atomic E-state index is -1.07. The lowest BCUT2D eigenvalue weighted by Gasteiger charge is -2.13. The molecule has 0 bridgehead atoms. The van der Waals surface area contributed by atoms with E-state index < -0.39 is 23.1 Å². The molecule has 1 heterocycles. The fourth-order valence-electron chi connectivity index (χ4n) is 2.79. The number of rotatable bonds is 6. The molecule has 0 spiro atoms. The lowest BCUT2D eigenvalue weighted by molar-refractivity contribution is 0.414. The lowest BCUT2D eigenvalue weighted by atomic mass is 9.94. The normalized spacial score (nSPS) is 11.7. The van der Waals surface area contributed by atoms with Crippen LogP contribution in [0, 0.1) is 29.9 Å². The predicted molar refractivity (Wildman–Crippen MR) is 106 cm³/mol. The maximum Gasteiger partial charge on any atom is 0.254 e. The Morgan fingerprint density at radius 2 is 1.86 bits per heavy atom. The molecule has 1 atom stereocenters. The van der Waals surface area contributed by atoms with E-state index in [0.717, 1.165) is 29.5 Å². The van der Waals surface area contributed by atoms with E-state index in [0.29, 0.717) is 10.9 Å². The number of methoxy groups -OCH3 is 1. The first-order valence-corrected chi connectivity index (χ1v) is 9.62. The van der Waals surface area contributed by atoms with Crippen molar-refractivity contribution in [1.82, 2.24) is 9.97 Å². The average Bonchev–Trinajstić information content (AvgIpc) is 2.70. The quantitative estimate of drug-likeness (QED) is 0.481. The first-order chi connectivity index (χ1) is 13.9. The van der Waals surface area contributed by atoms with Crippen molar-refractivity contribution in [2.45, 2.75) is 23.8 Å². The molecule has 5 nitrogen and oxygen atoms in total. The summed E-state index contributed by atoms with van der Waals surface area (Å²) < 4.78 is 32.3. The van der Waals surface area contributed by atoms with Crippen molar-refractivity contribution < 1.29 is 13.5 Å². The number of aromatic nitrogens is 2. The Labute approximate surface area is 170 Å². The third-order valence-electron chi connectivity index (χ3n) is 4.32. The van der Waals surface area contributed by atoms with Crippen molar-refractivity contribution in [2.24, 2.45) is 0 Å². The number of benzene rings is 2. The molecule has 1 unspecified atom stereocenters. The fourth-order valence-corrected chi connectivity index (χ4v) is 3.61. The standard InChI is InChI=1S/C21H17F2N3O2S/c1-12-19(18(10-24)14-7-15(22)9-16(23)8-14)25-21(26-20(12)27)29-11-13-3-5-17(28-2)6-4-13/h3-9,18H,11H2,1-2H3,(H,25,26,27). The van der Waals surface area contributed by atoms with Gasteiger partial charge in [-0.25, -0.2) is 13.8 Å². The number of H-pyrrole nitrogens is 1. The molecule has 0 radical (unpaired) electrons. The molecular weight excluding hydrogens is 396 g/mol. The van der Waals surface area contributed by atoms with Crippen molar-refractivity contribution in [3.8, 4) is 11.8 Å². The fraction of sp³-hybridized carbons (Fsp3) is 0.190. The van der Waals surface area contributed by atoms with Gasteiger partial charge in [0.25, 0.3) is 5.56 Å². The molecule has 2 aromatic carbocycles. The average molecular weight is 413 g/mol. The van der Waals surface area contributed by atoms with Gasteiger partial charge in [-0.1, -0.05) is 23.9 Å².